The van der Waals surface area contributed by atoms with Crippen molar-refractivity contribution in [1.29, 1.82) is 0 Å². The van der Waals surface area contributed by atoms with E-state index in [1.165, 1.54) is 30.1 Å². The van der Waals surface area contributed by atoms with E-state index in [4.69, 9.17) is 10.2 Å². The molecule has 8 heteroatoms. The number of nitrogens with zero attached hydrogens (tertiary/aromatic N) is 3. The summed E-state index contributed by atoms with van der Waals surface area (Å²) in [6, 6.07) is 2.69. The van der Waals surface area contributed by atoms with Crippen LogP contribution >= 0.6 is 11.8 Å². The van der Waals surface area contributed by atoms with E-state index < -0.39 is 4.92 Å². The minimum atomic E-state index is -0.619. The van der Waals surface area contributed by atoms with Crippen LogP contribution in [0.5, 0.6) is 0 Å². The molecule has 0 saturated heterocycles. The van der Waals surface area contributed by atoms with E-state index in [-0.39, 0.29) is 11.6 Å². The SMILES string of the molecule is CCCS/C(N)=N/N=Cc1ccc([N+](=O)[O-])o1. The molecule has 1 aromatic rings. The number of furan rings is 1. The fourth-order valence-electron chi connectivity index (χ4n) is 0.888. The Kier molecular flexibility index (Phi) is 5.21. The Bertz CT molecular complexity index is 441. The van der Waals surface area contributed by atoms with E-state index in [2.05, 4.69) is 10.2 Å². The van der Waals surface area contributed by atoms with Crippen LogP contribution in [0.25, 0.3) is 0 Å². The van der Waals surface area contributed by atoms with Crippen molar-refractivity contribution in [2.75, 3.05) is 5.75 Å². The maximum Gasteiger partial charge on any atom is 0.433 e. The molecule has 0 spiro atoms. The molecule has 0 fully saturated rings. The third-order valence-corrected chi connectivity index (χ3v) is 2.58. The van der Waals surface area contributed by atoms with Crippen molar-refractivity contribution in [3.63, 3.8) is 0 Å². The van der Waals surface area contributed by atoms with Gasteiger partial charge in [0.1, 0.15) is 4.92 Å². The summed E-state index contributed by atoms with van der Waals surface area (Å²) in [6.07, 6.45) is 2.27. The van der Waals surface area contributed by atoms with Crippen LogP contribution in [0, 0.1) is 10.1 Å². The van der Waals surface area contributed by atoms with Gasteiger partial charge in [-0.1, -0.05) is 18.7 Å². The van der Waals surface area contributed by atoms with Gasteiger partial charge >= 0.3 is 5.88 Å². The molecular weight excluding hydrogens is 244 g/mol. The van der Waals surface area contributed by atoms with Crippen LogP contribution in [0.1, 0.15) is 19.1 Å². The van der Waals surface area contributed by atoms with Crippen LogP contribution in [-0.4, -0.2) is 22.1 Å². The molecule has 17 heavy (non-hydrogen) atoms. The third-order valence-electron chi connectivity index (χ3n) is 1.59. The Hall–Kier alpha value is -1.83. The van der Waals surface area contributed by atoms with E-state index in [1.54, 1.807) is 0 Å². The van der Waals surface area contributed by atoms with Crippen molar-refractivity contribution >= 4 is 29.0 Å². The Balaban J connectivity index is 2.55. The summed E-state index contributed by atoms with van der Waals surface area (Å²) >= 11 is 1.40. The number of nitrogens with two attached hydrogens (primary N) is 1. The lowest BCUT2D eigenvalue weighted by Crippen LogP contribution is -2.06. The smallest absolute Gasteiger partial charge is 0.400 e. The number of rotatable bonds is 5. The first-order valence-electron chi connectivity index (χ1n) is 4.87. The second-order valence-corrected chi connectivity index (χ2v) is 4.08. The maximum atomic E-state index is 10.3. The van der Waals surface area contributed by atoms with Gasteiger partial charge in [0.15, 0.2) is 10.9 Å². The van der Waals surface area contributed by atoms with Crippen LogP contribution in [-0.2, 0) is 0 Å². The Morgan fingerprint density at radius 2 is 2.47 bits per heavy atom. The lowest BCUT2D eigenvalue weighted by atomic mass is 10.5. The van der Waals surface area contributed by atoms with Gasteiger partial charge < -0.3 is 10.2 Å². The molecule has 1 heterocycles. The number of hydrogen-bond acceptors (Lipinski definition) is 6. The molecule has 0 aromatic carbocycles. The second-order valence-electron chi connectivity index (χ2n) is 2.96. The predicted molar refractivity (Wildman–Crippen MR) is 67.3 cm³/mol. The molecule has 92 valence electrons. The van der Waals surface area contributed by atoms with Gasteiger partial charge in [-0.2, -0.15) is 5.10 Å². The van der Waals surface area contributed by atoms with Gasteiger partial charge in [-0.15, -0.1) is 5.10 Å². The quantitative estimate of drug-likeness (QED) is 0.375. The molecule has 0 aliphatic carbocycles. The van der Waals surface area contributed by atoms with E-state index >= 15 is 0 Å². The summed E-state index contributed by atoms with van der Waals surface area (Å²) in [5.41, 5.74) is 5.54. The molecule has 7 nitrogen and oxygen atoms in total. The minimum absolute atomic E-state index is 0.258. The van der Waals surface area contributed by atoms with E-state index in [9.17, 15) is 10.1 Å². The van der Waals surface area contributed by atoms with Crippen molar-refractivity contribution in [1.82, 2.24) is 0 Å². The lowest BCUT2D eigenvalue weighted by molar-refractivity contribution is -0.402. The normalized spacial score (nSPS) is 12.2. The summed E-state index contributed by atoms with van der Waals surface area (Å²) in [5.74, 6) is 0.800. The van der Waals surface area contributed by atoms with E-state index in [0.717, 1.165) is 12.2 Å². The molecule has 0 atom stereocenters. The molecule has 0 amide bonds. The third kappa shape index (κ3) is 4.68. The molecule has 0 aliphatic heterocycles. The van der Waals surface area contributed by atoms with Crippen LogP contribution in [0.15, 0.2) is 26.8 Å². The zero-order chi connectivity index (χ0) is 12.7. The van der Waals surface area contributed by atoms with Gasteiger partial charge in [0.2, 0.25) is 0 Å². The number of amidine groups is 1. The molecule has 0 saturated carbocycles. The van der Waals surface area contributed by atoms with Crippen LogP contribution in [0.4, 0.5) is 5.88 Å². The van der Waals surface area contributed by atoms with Gasteiger partial charge in [-0.3, -0.25) is 10.1 Å². The van der Waals surface area contributed by atoms with Crippen LogP contribution in [0.2, 0.25) is 0 Å². The van der Waals surface area contributed by atoms with Gasteiger partial charge in [-0.25, -0.2) is 0 Å². The average molecular weight is 256 g/mol. The zero-order valence-corrected chi connectivity index (χ0v) is 10.0. The van der Waals surface area contributed by atoms with E-state index in [0.29, 0.717) is 5.17 Å². The molecule has 0 bridgehead atoms. The molecule has 0 unspecified atom stereocenters. The lowest BCUT2D eigenvalue weighted by Gasteiger charge is -1.93. The summed E-state index contributed by atoms with van der Waals surface area (Å²) in [4.78, 5) is 9.71. The highest BCUT2D eigenvalue weighted by Gasteiger charge is 2.09. The van der Waals surface area contributed by atoms with Crippen LogP contribution < -0.4 is 5.73 Å². The summed E-state index contributed by atoms with van der Waals surface area (Å²) in [6.45, 7) is 2.03. The Morgan fingerprint density at radius 3 is 3.06 bits per heavy atom. The highest BCUT2D eigenvalue weighted by molar-refractivity contribution is 8.13. The van der Waals surface area contributed by atoms with Gasteiger partial charge in [0.05, 0.1) is 12.3 Å². The van der Waals surface area contributed by atoms with Gasteiger partial charge in [0, 0.05) is 5.75 Å². The highest BCUT2D eigenvalue weighted by Crippen LogP contribution is 2.13. The standard InChI is InChI=1S/C9H12N4O3S/c1-2-5-17-9(10)12-11-6-7-3-4-8(16-7)13(14)15/h3-4,6H,2,5H2,1H3,(H2,10,12). The molecule has 0 radical (unpaired) electrons. The predicted octanol–water partition coefficient (Wildman–Crippen LogP) is 1.98. The maximum absolute atomic E-state index is 10.3. The van der Waals surface area contributed by atoms with Crippen molar-refractivity contribution in [2.45, 2.75) is 13.3 Å². The zero-order valence-electron chi connectivity index (χ0n) is 9.20. The largest absolute Gasteiger partial charge is 0.433 e. The molecule has 1 aromatic heterocycles. The highest BCUT2D eigenvalue weighted by atomic mass is 32.2. The Labute approximate surface area is 102 Å². The van der Waals surface area contributed by atoms with E-state index in [1.807, 2.05) is 6.92 Å². The summed E-state index contributed by atoms with van der Waals surface area (Å²) in [7, 11) is 0. The molecule has 0 aliphatic rings. The van der Waals surface area contributed by atoms with Gasteiger partial charge in [-0.05, 0) is 12.5 Å². The van der Waals surface area contributed by atoms with Crippen molar-refractivity contribution in [3.05, 3.63) is 28.0 Å². The first kappa shape index (κ1) is 13.2. The molecule has 2 N–H and O–H groups in total. The van der Waals surface area contributed by atoms with Crippen LogP contribution in [0.3, 0.4) is 0 Å². The topological polar surface area (TPSA) is 107 Å². The first-order chi connectivity index (χ1) is 8.13. The number of hydrogen-bond donors (Lipinski definition) is 1. The van der Waals surface area contributed by atoms with Crippen molar-refractivity contribution < 1.29 is 9.34 Å². The summed E-state index contributed by atoms with van der Waals surface area (Å²) < 4.78 is 4.84. The average Bonchev–Trinajstić information content (AvgIpc) is 2.75. The Morgan fingerprint density at radius 1 is 1.71 bits per heavy atom. The first-order valence-corrected chi connectivity index (χ1v) is 5.85. The van der Waals surface area contributed by atoms with Crippen molar-refractivity contribution in [2.24, 2.45) is 15.9 Å². The fourth-order valence-corrected chi connectivity index (χ4v) is 1.41. The van der Waals surface area contributed by atoms with Gasteiger partial charge in [0.25, 0.3) is 0 Å². The fraction of sp³-hybridized carbons (Fsp3) is 0.333. The monoisotopic (exact) mass is 256 g/mol. The molecule has 1 rings (SSSR count). The second kappa shape index (κ2) is 6.69. The number of nitro groups is 1. The van der Waals surface area contributed by atoms with Crippen molar-refractivity contribution in [3.8, 4) is 0 Å². The minimum Gasteiger partial charge on any atom is -0.400 e. The molecular formula is C9H12N4O3S. The number of thioether (sulfide) groups is 1. The summed E-state index contributed by atoms with van der Waals surface area (Å²) in [5, 5.41) is 18.1.